The average Bonchev–Trinajstić information content (AvgIpc) is 3.22. The predicted molar refractivity (Wildman–Crippen MR) is 123 cm³/mol. The SMILES string of the molecule is COC(=O)C1=C(c2ccccc2)CC(c2ccccc2)c2c1[nH]c1ccc(OC)cc21. The molecule has 31 heavy (non-hydrogen) atoms. The Labute approximate surface area is 181 Å². The third kappa shape index (κ3) is 3.21. The molecular weight excluding hydrogens is 386 g/mol. The van der Waals surface area contributed by atoms with Crippen molar-refractivity contribution in [2.75, 3.05) is 14.2 Å². The van der Waals surface area contributed by atoms with E-state index in [1.54, 1.807) is 7.11 Å². The zero-order valence-electron chi connectivity index (χ0n) is 17.5. The molecule has 1 aliphatic carbocycles. The van der Waals surface area contributed by atoms with Gasteiger partial charge >= 0.3 is 5.97 Å². The summed E-state index contributed by atoms with van der Waals surface area (Å²) >= 11 is 0. The van der Waals surface area contributed by atoms with Crippen molar-refractivity contribution in [1.82, 2.24) is 4.98 Å². The molecule has 154 valence electrons. The quantitative estimate of drug-likeness (QED) is 0.434. The summed E-state index contributed by atoms with van der Waals surface area (Å²) in [5, 5.41) is 1.07. The fraction of sp³-hybridized carbons (Fsp3) is 0.148. The van der Waals surface area contributed by atoms with Crippen LogP contribution in [0.15, 0.2) is 78.9 Å². The number of fused-ring (bicyclic) bond motifs is 3. The van der Waals surface area contributed by atoms with E-state index in [0.717, 1.165) is 39.0 Å². The van der Waals surface area contributed by atoms with Gasteiger partial charge < -0.3 is 14.5 Å². The van der Waals surface area contributed by atoms with Gasteiger partial charge in [-0.25, -0.2) is 4.79 Å². The summed E-state index contributed by atoms with van der Waals surface area (Å²) in [5.74, 6) is 0.560. The van der Waals surface area contributed by atoms with Crippen molar-refractivity contribution < 1.29 is 14.3 Å². The summed E-state index contributed by atoms with van der Waals surface area (Å²) in [5.41, 5.74) is 6.76. The maximum absolute atomic E-state index is 13.0. The minimum absolute atomic E-state index is 0.0978. The minimum Gasteiger partial charge on any atom is -0.497 e. The van der Waals surface area contributed by atoms with Crippen LogP contribution in [0.1, 0.15) is 34.7 Å². The van der Waals surface area contributed by atoms with Gasteiger partial charge in [-0.1, -0.05) is 60.7 Å². The van der Waals surface area contributed by atoms with E-state index in [-0.39, 0.29) is 11.9 Å². The van der Waals surface area contributed by atoms with E-state index in [1.807, 2.05) is 42.5 Å². The monoisotopic (exact) mass is 409 g/mol. The molecule has 0 bridgehead atoms. The van der Waals surface area contributed by atoms with Crippen molar-refractivity contribution in [2.45, 2.75) is 12.3 Å². The van der Waals surface area contributed by atoms with Crippen LogP contribution in [0, 0.1) is 0 Å². The molecule has 1 N–H and O–H groups in total. The number of benzene rings is 3. The second-order valence-corrected chi connectivity index (χ2v) is 7.70. The van der Waals surface area contributed by atoms with Gasteiger partial charge in [-0.2, -0.15) is 0 Å². The number of rotatable bonds is 4. The van der Waals surface area contributed by atoms with E-state index in [2.05, 4.69) is 41.4 Å². The van der Waals surface area contributed by atoms with Gasteiger partial charge in [-0.05, 0) is 46.9 Å². The van der Waals surface area contributed by atoms with E-state index in [9.17, 15) is 4.79 Å². The van der Waals surface area contributed by atoms with Gasteiger partial charge in [-0.15, -0.1) is 0 Å². The van der Waals surface area contributed by atoms with Crippen molar-refractivity contribution in [3.8, 4) is 5.75 Å². The van der Waals surface area contributed by atoms with Gasteiger partial charge in [0.25, 0.3) is 0 Å². The van der Waals surface area contributed by atoms with Gasteiger partial charge in [0, 0.05) is 16.8 Å². The lowest BCUT2D eigenvalue weighted by Crippen LogP contribution is -2.17. The molecule has 0 fully saturated rings. The Balaban J connectivity index is 1.85. The third-order valence-corrected chi connectivity index (χ3v) is 6.07. The van der Waals surface area contributed by atoms with Gasteiger partial charge in [-0.3, -0.25) is 0 Å². The number of aromatic amines is 1. The highest BCUT2D eigenvalue weighted by Crippen LogP contribution is 2.49. The van der Waals surface area contributed by atoms with Gasteiger partial charge in [0.1, 0.15) is 5.75 Å². The highest BCUT2D eigenvalue weighted by atomic mass is 16.5. The zero-order valence-corrected chi connectivity index (χ0v) is 17.5. The molecule has 4 nitrogen and oxygen atoms in total. The Morgan fingerprint density at radius 3 is 2.32 bits per heavy atom. The lowest BCUT2D eigenvalue weighted by atomic mass is 9.75. The van der Waals surface area contributed by atoms with Crippen LogP contribution in [0.25, 0.3) is 22.0 Å². The van der Waals surface area contributed by atoms with Crippen LogP contribution in [0.5, 0.6) is 5.75 Å². The van der Waals surface area contributed by atoms with Crippen LogP contribution in [0.2, 0.25) is 0 Å². The number of ether oxygens (including phenoxy) is 2. The molecule has 1 atom stereocenters. The molecule has 0 radical (unpaired) electrons. The molecule has 0 amide bonds. The number of methoxy groups -OCH3 is 2. The molecule has 0 saturated carbocycles. The Kier molecular flexibility index (Phi) is 4.83. The summed E-state index contributed by atoms with van der Waals surface area (Å²) in [6.07, 6.45) is 0.704. The van der Waals surface area contributed by atoms with Crippen molar-refractivity contribution in [3.63, 3.8) is 0 Å². The number of allylic oxidation sites excluding steroid dienone is 1. The number of carbonyl (C=O) groups is 1. The Hall–Kier alpha value is -3.79. The van der Waals surface area contributed by atoms with Crippen molar-refractivity contribution in [1.29, 1.82) is 0 Å². The molecular formula is C27H23NO3. The Morgan fingerprint density at radius 2 is 1.65 bits per heavy atom. The first-order chi connectivity index (χ1) is 15.2. The molecule has 0 saturated heterocycles. The summed E-state index contributed by atoms with van der Waals surface area (Å²) in [6, 6.07) is 26.5. The molecule has 3 aromatic carbocycles. The van der Waals surface area contributed by atoms with Crippen molar-refractivity contribution >= 4 is 28.0 Å². The lowest BCUT2D eigenvalue weighted by Gasteiger charge is -2.28. The first kappa shape index (κ1) is 19.2. The molecule has 1 aliphatic rings. The van der Waals surface area contributed by atoms with Crippen molar-refractivity contribution in [3.05, 3.63) is 101 Å². The molecule has 1 unspecified atom stereocenters. The first-order valence-corrected chi connectivity index (χ1v) is 10.3. The fourth-order valence-electron chi connectivity index (χ4n) is 4.64. The van der Waals surface area contributed by atoms with Crippen LogP contribution >= 0.6 is 0 Å². The summed E-state index contributed by atoms with van der Waals surface area (Å²) in [4.78, 5) is 16.5. The van der Waals surface area contributed by atoms with Crippen LogP contribution in [0.4, 0.5) is 0 Å². The van der Waals surface area contributed by atoms with E-state index in [4.69, 9.17) is 9.47 Å². The predicted octanol–water partition coefficient (Wildman–Crippen LogP) is 5.80. The zero-order chi connectivity index (χ0) is 21.4. The van der Waals surface area contributed by atoms with E-state index in [0.29, 0.717) is 12.0 Å². The minimum atomic E-state index is -0.329. The molecule has 4 aromatic rings. The number of hydrogen-bond donors (Lipinski definition) is 1. The smallest absolute Gasteiger partial charge is 0.340 e. The van der Waals surface area contributed by atoms with Crippen molar-refractivity contribution in [2.24, 2.45) is 0 Å². The second kappa shape index (κ2) is 7.80. The largest absolute Gasteiger partial charge is 0.497 e. The molecule has 5 rings (SSSR count). The normalized spacial score (nSPS) is 15.6. The third-order valence-electron chi connectivity index (χ3n) is 6.07. The van der Waals surface area contributed by atoms with Crippen LogP contribution < -0.4 is 4.74 Å². The number of carbonyl (C=O) groups excluding carboxylic acids is 1. The number of aromatic nitrogens is 1. The van der Waals surface area contributed by atoms with Gasteiger partial charge in [0.15, 0.2) is 0 Å². The van der Waals surface area contributed by atoms with E-state index in [1.165, 1.54) is 12.7 Å². The van der Waals surface area contributed by atoms with Crippen LogP contribution in [-0.4, -0.2) is 25.2 Å². The molecule has 0 spiro atoms. The number of hydrogen-bond acceptors (Lipinski definition) is 3. The molecule has 1 aromatic heterocycles. The molecule has 4 heteroatoms. The average molecular weight is 409 g/mol. The first-order valence-electron chi connectivity index (χ1n) is 10.3. The highest BCUT2D eigenvalue weighted by molar-refractivity contribution is 6.26. The van der Waals surface area contributed by atoms with Gasteiger partial charge in [0.2, 0.25) is 0 Å². The van der Waals surface area contributed by atoms with Gasteiger partial charge in [0.05, 0.1) is 25.5 Å². The fourth-order valence-corrected chi connectivity index (χ4v) is 4.64. The maximum atomic E-state index is 13.0. The molecule has 1 heterocycles. The number of H-pyrrole nitrogens is 1. The second-order valence-electron chi connectivity index (χ2n) is 7.70. The summed E-state index contributed by atoms with van der Waals surface area (Å²) in [6.45, 7) is 0. The standard InChI is InChI=1S/C27H23NO3/c1-30-19-13-14-23-22(15-19)24-20(17-9-5-3-6-10-17)16-21(18-11-7-4-8-12-18)25(26(24)28-23)27(29)31-2/h3-15,20,28H,16H2,1-2H3. The van der Waals surface area contributed by atoms with Crippen LogP contribution in [-0.2, 0) is 9.53 Å². The van der Waals surface area contributed by atoms with E-state index >= 15 is 0 Å². The molecule has 0 aliphatic heterocycles. The summed E-state index contributed by atoms with van der Waals surface area (Å²) < 4.78 is 10.7. The number of nitrogens with one attached hydrogen (secondary N) is 1. The topological polar surface area (TPSA) is 51.3 Å². The maximum Gasteiger partial charge on any atom is 0.340 e. The highest BCUT2D eigenvalue weighted by Gasteiger charge is 2.35. The van der Waals surface area contributed by atoms with Crippen LogP contribution in [0.3, 0.4) is 0 Å². The summed E-state index contributed by atoms with van der Waals surface area (Å²) in [7, 11) is 3.11. The Morgan fingerprint density at radius 1 is 0.935 bits per heavy atom. The van der Waals surface area contributed by atoms with E-state index < -0.39 is 0 Å². The Bertz CT molecular complexity index is 1290. The lowest BCUT2D eigenvalue weighted by molar-refractivity contribution is -0.133. The number of esters is 1.